The fourth-order valence-electron chi connectivity index (χ4n) is 7.20. The molecule has 7 nitrogen and oxygen atoms in total. The highest BCUT2D eigenvalue weighted by molar-refractivity contribution is 8.00. The van der Waals surface area contributed by atoms with Gasteiger partial charge in [-0.15, -0.1) is 16.9 Å². The largest absolute Gasteiger partial charge is 0.487 e. The van der Waals surface area contributed by atoms with Gasteiger partial charge in [-0.1, -0.05) is 76.4 Å². The first-order valence-electron chi connectivity index (χ1n) is 16.1. The molecule has 1 aliphatic carbocycles. The maximum Gasteiger partial charge on any atom is 0.148 e. The van der Waals surface area contributed by atoms with Crippen LogP contribution in [0.25, 0.3) is 22.0 Å². The van der Waals surface area contributed by atoms with Crippen molar-refractivity contribution in [1.29, 1.82) is 0 Å². The van der Waals surface area contributed by atoms with E-state index in [0.29, 0.717) is 11.9 Å². The summed E-state index contributed by atoms with van der Waals surface area (Å²) in [5, 5.41) is 16.7. The summed E-state index contributed by atoms with van der Waals surface area (Å²) in [7, 11) is 0. The van der Waals surface area contributed by atoms with E-state index >= 15 is 0 Å². The van der Waals surface area contributed by atoms with Gasteiger partial charge < -0.3 is 9.30 Å². The van der Waals surface area contributed by atoms with Crippen LogP contribution in [0.15, 0.2) is 65.7 Å². The predicted octanol–water partition coefficient (Wildman–Crippen LogP) is 8.22. The molecule has 44 heavy (non-hydrogen) atoms. The maximum absolute atomic E-state index is 6.57. The number of aromatic nitrogens is 6. The van der Waals surface area contributed by atoms with Gasteiger partial charge in [0.2, 0.25) is 0 Å². The number of pyridine rings is 1. The first kappa shape index (κ1) is 29.1. The molecule has 1 unspecified atom stereocenters. The molecule has 0 spiro atoms. The lowest BCUT2D eigenvalue weighted by atomic mass is 9.83. The summed E-state index contributed by atoms with van der Waals surface area (Å²) < 4.78 is 9.25. The number of rotatable bonds is 10. The molecule has 8 heteroatoms. The molecule has 5 aromatic rings. The molecule has 1 fully saturated rings. The third kappa shape index (κ3) is 6.14. The summed E-state index contributed by atoms with van der Waals surface area (Å²) in [4.78, 5) is 6.19. The van der Waals surface area contributed by atoms with Crippen molar-refractivity contribution >= 4 is 22.7 Å². The SMILES string of the molecule is CC1Cc2c(OCc3ccc(-c4ccccc4)cn3)ccc3c2c(c(CC(C)(C)Cc2nnn[nH]2)n3CC2CCCCC2)S1. The molecule has 0 radical (unpaired) electrons. The van der Waals surface area contributed by atoms with Crippen molar-refractivity contribution in [2.75, 3.05) is 0 Å². The summed E-state index contributed by atoms with van der Waals surface area (Å²) in [5.74, 6) is 2.58. The molecule has 1 aliphatic heterocycles. The van der Waals surface area contributed by atoms with Gasteiger partial charge in [0.15, 0.2) is 0 Å². The van der Waals surface area contributed by atoms with E-state index in [1.54, 1.807) is 0 Å². The van der Waals surface area contributed by atoms with Crippen LogP contribution in [0.2, 0.25) is 0 Å². The van der Waals surface area contributed by atoms with Crippen LogP contribution < -0.4 is 4.74 Å². The normalized spacial score (nSPS) is 17.3. The van der Waals surface area contributed by atoms with E-state index in [0.717, 1.165) is 54.6 Å². The zero-order valence-electron chi connectivity index (χ0n) is 26.1. The van der Waals surface area contributed by atoms with Crippen molar-refractivity contribution in [2.24, 2.45) is 11.3 Å². The average Bonchev–Trinajstić information content (AvgIpc) is 3.64. The zero-order chi connectivity index (χ0) is 30.1. The smallest absolute Gasteiger partial charge is 0.148 e. The van der Waals surface area contributed by atoms with E-state index < -0.39 is 0 Å². The minimum Gasteiger partial charge on any atom is -0.487 e. The highest BCUT2D eigenvalue weighted by atomic mass is 32.2. The average molecular weight is 607 g/mol. The lowest BCUT2D eigenvalue weighted by Crippen LogP contribution is -2.23. The summed E-state index contributed by atoms with van der Waals surface area (Å²) in [5.41, 5.74) is 7.42. The second-order valence-electron chi connectivity index (χ2n) is 13.5. The number of hydrogen-bond acceptors (Lipinski definition) is 6. The molecule has 0 bridgehead atoms. The molecule has 1 N–H and O–H groups in total. The molecule has 2 aromatic carbocycles. The minimum absolute atomic E-state index is 0.00523. The van der Waals surface area contributed by atoms with E-state index in [4.69, 9.17) is 9.72 Å². The van der Waals surface area contributed by atoms with Crippen LogP contribution in [-0.2, 0) is 32.4 Å². The molecule has 228 valence electrons. The summed E-state index contributed by atoms with van der Waals surface area (Å²) in [6, 6.07) is 19.2. The van der Waals surface area contributed by atoms with Gasteiger partial charge in [-0.25, -0.2) is 5.10 Å². The summed E-state index contributed by atoms with van der Waals surface area (Å²) >= 11 is 2.05. The molecule has 0 saturated heterocycles. The third-order valence-electron chi connectivity index (χ3n) is 9.32. The van der Waals surface area contributed by atoms with Gasteiger partial charge >= 0.3 is 0 Å². The van der Waals surface area contributed by atoms with E-state index in [9.17, 15) is 0 Å². The van der Waals surface area contributed by atoms with Crippen LogP contribution in [-0.4, -0.2) is 35.4 Å². The predicted molar refractivity (Wildman–Crippen MR) is 177 cm³/mol. The van der Waals surface area contributed by atoms with Gasteiger partial charge in [0.05, 0.1) is 5.69 Å². The van der Waals surface area contributed by atoms with Crippen molar-refractivity contribution < 1.29 is 4.74 Å². The lowest BCUT2D eigenvalue weighted by molar-refractivity contribution is 0.298. The molecular weight excluding hydrogens is 565 g/mol. The van der Waals surface area contributed by atoms with E-state index in [1.807, 2.05) is 24.0 Å². The molecule has 0 amide bonds. The van der Waals surface area contributed by atoms with Gasteiger partial charge in [0, 0.05) is 57.0 Å². The number of hydrogen-bond donors (Lipinski definition) is 1. The van der Waals surface area contributed by atoms with Gasteiger partial charge in [-0.2, -0.15) is 0 Å². The van der Waals surface area contributed by atoms with Crippen molar-refractivity contribution in [3.05, 3.63) is 83.6 Å². The Morgan fingerprint density at radius 1 is 0.977 bits per heavy atom. The van der Waals surface area contributed by atoms with E-state index in [2.05, 4.69) is 94.5 Å². The Hall–Kier alpha value is -3.65. The third-order valence-corrected chi connectivity index (χ3v) is 10.6. The lowest BCUT2D eigenvalue weighted by Gasteiger charge is -2.28. The van der Waals surface area contributed by atoms with Crippen molar-refractivity contribution in [1.82, 2.24) is 30.2 Å². The molecule has 2 aliphatic rings. The van der Waals surface area contributed by atoms with Crippen LogP contribution in [0, 0.1) is 11.3 Å². The number of ether oxygens (including phenoxy) is 1. The van der Waals surface area contributed by atoms with Crippen LogP contribution in [0.1, 0.15) is 75.7 Å². The number of aromatic amines is 1. The zero-order valence-corrected chi connectivity index (χ0v) is 26.9. The molecule has 7 rings (SSSR count). The highest BCUT2D eigenvalue weighted by Crippen LogP contribution is 2.48. The Bertz CT molecular complexity index is 1710. The standard InChI is InChI=1S/C36H42N6OS/c1-24-18-29-32(43-23-28-15-14-27(21-37-28)26-12-8-5-9-13-26)17-16-30-34(29)35(44-24)31(42(30)22-25-10-6-4-7-11-25)19-36(2,3)20-33-38-40-41-39-33/h5,8-9,12-17,21,24-25H,4,6-7,10-11,18-20,22-23H2,1-3H3,(H,38,39,40,41). The van der Waals surface area contributed by atoms with Crippen LogP contribution in [0.4, 0.5) is 0 Å². The number of thioether (sulfide) groups is 1. The number of benzene rings is 2. The van der Waals surface area contributed by atoms with Gasteiger partial charge in [0.1, 0.15) is 18.2 Å². The Kier molecular flexibility index (Phi) is 8.19. The topological polar surface area (TPSA) is 81.5 Å². The van der Waals surface area contributed by atoms with E-state index in [-0.39, 0.29) is 5.41 Å². The number of tetrazole rings is 1. The maximum atomic E-state index is 6.57. The van der Waals surface area contributed by atoms with Gasteiger partial charge in [-0.3, -0.25) is 4.98 Å². The Balaban J connectivity index is 1.22. The van der Waals surface area contributed by atoms with Crippen LogP contribution >= 0.6 is 11.8 Å². The second kappa shape index (κ2) is 12.4. The Morgan fingerprint density at radius 2 is 1.82 bits per heavy atom. The molecule has 1 atom stereocenters. The van der Waals surface area contributed by atoms with Crippen molar-refractivity contribution in [3.63, 3.8) is 0 Å². The fourth-order valence-corrected chi connectivity index (χ4v) is 8.52. The second-order valence-corrected chi connectivity index (χ2v) is 15.0. The Morgan fingerprint density at radius 3 is 2.57 bits per heavy atom. The number of nitrogens with zero attached hydrogens (tertiary/aromatic N) is 5. The molecule has 1 saturated carbocycles. The monoisotopic (exact) mass is 606 g/mol. The minimum atomic E-state index is -0.00523. The van der Waals surface area contributed by atoms with Gasteiger partial charge in [-0.05, 0) is 71.2 Å². The first-order valence-corrected chi connectivity index (χ1v) is 17.0. The molecular formula is C36H42N6OS. The number of nitrogens with one attached hydrogen (secondary N) is 1. The molecule has 3 aromatic heterocycles. The highest BCUT2D eigenvalue weighted by Gasteiger charge is 2.33. The fraction of sp³-hybridized carbons (Fsp3) is 0.444. The Labute approximate surface area is 264 Å². The van der Waals surface area contributed by atoms with E-state index in [1.165, 1.54) is 64.7 Å². The van der Waals surface area contributed by atoms with Crippen molar-refractivity contribution in [3.8, 4) is 16.9 Å². The van der Waals surface area contributed by atoms with Crippen molar-refractivity contribution in [2.45, 2.75) is 95.4 Å². The van der Waals surface area contributed by atoms with Gasteiger partial charge in [0.25, 0.3) is 0 Å². The summed E-state index contributed by atoms with van der Waals surface area (Å²) in [6.07, 6.45) is 11.5. The molecule has 4 heterocycles. The quantitative estimate of drug-likeness (QED) is 0.173. The summed E-state index contributed by atoms with van der Waals surface area (Å²) in [6.45, 7) is 8.59. The van der Waals surface area contributed by atoms with Crippen LogP contribution in [0.5, 0.6) is 5.75 Å². The van der Waals surface area contributed by atoms with Crippen LogP contribution in [0.3, 0.4) is 0 Å². The number of H-pyrrole nitrogens is 1. The first-order chi connectivity index (χ1) is 21.4.